The maximum Gasteiger partial charge on any atom is 0.121 e. The summed E-state index contributed by atoms with van der Waals surface area (Å²) in [6.07, 6.45) is 5.60. The molecular weight excluding hydrogens is 318 g/mol. The molecule has 3 aromatic rings. The molecule has 2 nitrogen and oxygen atoms in total. The first-order valence-corrected chi connectivity index (χ1v) is 9.43. The van der Waals surface area contributed by atoms with Crippen molar-refractivity contribution in [2.45, 2.75) is 31.3 Å². The normalized spacial score (nSPS) is 19.3. The molecule has 1 aliphatic heterocycles. The zero-order valence-corrected chi connectivity index (χ0v) is 15.0. The van der Waals surface area contributed by atoms with Gasteiger partial charge in [0.2, 0.25) is 0 Å². The molecule has 0 bridgehead atoms. The molecule has 0 amide bonds. The Morgan fingerprint density at radius 2 is 1.73 bits per heavy atom. The third kappa shape index (κ3) is 3.02. The largest absolute Gasteiger partial charge is 0.508 e. The summed E-state index contributed by atoms with van der Waals surface area (Å²) in [5.41, 5.74) is 2.22. The van der Waals surface area contributed by atoms with Gasteiger partial charge in [-0.1, -0.05) is 73.2 Å². The molecule has 132 valence electrons. The van der Waals surface area contributed by atoms with Gasteiger partial charge in [0.25, 0.3) is 0 Å². The number of hydrogen-bond acceptors (Lipinski definition) is 2. The van der Waals surface area contributed by atoms with E-state index in [-0.39, 0.29) is 6.04 Å². The van der Waals surface area contributed by atoms with Crippen LogP contribution in [0.5, 0.6) is 5.75 Å². The Morgan fingerprint density at radius 3 is 2.54 bits per heavy atom. The van der Waals surface area contributed by atoms with E-state index in [1.54, 1.807) is 0 Å². The van der Waals surface area contributed by atoms with Crippen LogP contribution < -0.4 is 0 Å². The van der Waals surface area contributed by atoms with Gasteiger partial charge < -0.3 is 5.11 Å². The summed E-state index contributed by atoms with van der Waals surface area (Å²) in [6.45, 7) is 5.10. The van der Waals surface area contributed by atoms with E-state index in [9.17, 15) is 5.11 Å². The summed E-state index contributed by atoms with van der Waals surface area (Å²) >= 11 is 0. The van der Waals surface area contributed by atoms with Gasteiger partial charge in [0, 0.05) is 11.6 Å². The van der Waals surface area contributed by atoms with Crippen molar-refractivity contribution in [3.8, 4) is 5.75 Å². The molecule has 1 heterocycles. The van der Waals surface area contributed by atoms with E-state index < -0.39 is 0 Å². The number of piperidine rings is 1. The maximum absolute atomic E-state index is 10.9. The summed E-state index contributed by atoms with van der Waals surface area (Å²) in [4.78, 5) is 2.51. The fourth-order valence-electron chi connectivity index (χ4n) is 4.28. The van der Waals surface area contributed by atoms with Gasteiger partial charge >= 0.3 is 0 Å². The zero-order valence-electron chi connectivity index (χ0n) is 15.0. The van der Waals surface area contributed by atoms with Crippen molar-refractivity contribution in [1.82, 2.24) is 4.90 Å². The van der Waals surface area contributed by atoms with E-state index in [1.807, 2.05) is 24.3 Å². The van der Waals surface area contributed by atoms with E-state index in [2.05, 4.69) is 60.0 Å². The van der Waals surface area contributed by atoms with Gasteiger partial charge in [-0.05, 0) is 41.8 Å². The Hall–Kier alpha value is -2.58. The van der Waals surface area contributed by atoms with Crippen LogP contribution in [0.25, 0.3) is 10.8 Å². The summed E-state index contributed by atoms with van der Waals surface area (Å²) in [7, 11) is 0. The first-order valence-electron chi connectivity index (χ1n) is 9.43. The van der Waals surface area contributed by atoms with Crippen molar-refractivity contribution in [2.24, 2.45) is 0 Å². The lowest BCUT2D eigenvalue weighted by Crippen LogP contribution is -2.41. The molecular formula is C24H25NO. The molecule has 1 fully saturated rings. The Labute approximate surface area is 155 Å². The lowest BCUT2D eigenvalue weighted by atomic mass is 9.88. The zero-order chi connectivity index (χ0) is 17.9. The van der Waals surface area contributed by atoms with Crippen LogP contribution in [0.15, 0.2) is 79.4 Å². The van der Waals surface area contributed by atoms with Crippen LogP contribution in [0, 0.1) is 0 Å². The van der Waals surface area contributed by atoms with Crippen LogP contribution in [0.2, 0.25) is 0 Å². The second-order valence-electron chi connectivity index (χ2n) is 7.07. The number of likely N-dealkylation sites (tertiary alicyclic amines) is 1. The van der Waals surface area contributed by atoms with Crippen molar-refractivity contribution >= 4 is 10.8 Å². The third-order valence-electron chi connectivity index (χ3n) is 5.53. The van der Waals surface area contributed by atoms with Gasteiger partial charge in [0.05, 0.1) is 6.04 Å². The quantitative estimate of drug-likeness (QED) is 0.616. The lowest BCUT2D eigenvalue weighted by molar-refractivity contribution is 0.141. The van der Waals surface area contributed by atoms with Crippen LogP contribution in [0.1, 0.15) is 36.4 Å². The minimum absolute atomic E-state index is 0.0191. The highest BCUT2D eigenvalue weighted by atomic mass is 16.3. The predicted octanol–water partition coefficient (Wildman–Crippen LogP) is 5.68. The van der Waals surface area contributed by atoms with E-state index in [4.69, 9.17) is 0 Å². The molecule has 1 saturated heterocycles. The van der Waals surface area contributed by atoms with Gasteiger partial charge in [-0.2, -0.15) is 0 Å². The lowest BCUT2D eigenvalue weighted by Gasteiger charge is -2.41. The molecule has 0 saturated carbocycles. The SMILES string of the molecule is C=C[C@@H]1CCCCN1[C@H](c1ccccc1)c1c(O)ccc2ccccc12. The van der Waals surface area contributed by atoms with Gasteiger partial charge in [0.1, 0.15) is 5.75 Å². The first-order chi connectivity index (χ1) is 12.8. The molecule has 0 unspecified atom stereocenters. The van der Waals surface area contributed by atoms with E-state index in [1.165, 1.54) is 18.4 Å². The maximum atomic E-state index is 10.9. The van der Waals surface area contributed by atoms with Crippen molar-refractivity contribution in [3.05, 3.63) is 90.5 Å². The molecule has 0 aromatic heterocycles. The molecule has 3 aromatic carbocycles. The highest BCUT2D eigenvalue weighted by molar-refractivity contribution is 5.88. The molecule has 0 radical (unpaired) electrons. The number of phenols is 1. The summed E-state index contributed by atoms with van der Waals surface area (Å²) in [5.74, 6) is 0.367. The number of benzene rings is 3. The van der Waals surface area contributed by atoms with Crippen LogP contribution >= 0.6 is 0 Å². The summed E-state index contributed by atoms with van der Waals surface area (Å²) < 4.78 is 0. The predicted molar refractivity (Wildman–Crippen MR) is 108 cm³/mol. The second kappa shape index (κ2) is 7.35. The highest BCUT2D eigenvalue weighted by Gasteiger charge is 2.32. The molecule has 1 aliphatic rings. The van der Waals surface area contributed by atoms with Crippen LogP contribution in [-0.2, 0) is 0 Å². The summed E-state index contributed by atoms with van der Waals surface area (Å²) in [5, 5.41) is 13.2. The van der Waals surface area contributed by atoms with Gasteiger partial charge in [-0.25, -0.2) is 0 Å². The second-order valence-corrected chi connectivity index (χ2v) is 7.07. The number of fused-ring (bicyclic) bond motifs is 1. The number of aromatic hydroxyl groups is 1. The van der Waals surface area contributed by atoms with Crippen molar-refractivity contribution < 1.29 is 5.11 Å². The monoisotopic (exact) mass is 343 g/mol. The Morgan fingerprint density at radius 1 is 0.962 bits per heavy atom. The molecule has 2 atom stereocenters. The Balaban J connectivity index is 1.95. The molecule has 0 aliphatic carbocycles. The van der Waals surface area contributed by atoms with E-state index in [0.29, 0.717) is 11.8 Å². The Bertz CT molecular complexity index is 902. The van der Waals surface area contributed by atoms with Crippen molar-refractivity contribution in [2.75, 3.05) is 6.54 Å². The van der Waals surface area contributed by atoms with Gasteiger partial charge in [-0.3, -0.25) is 4.90 Å². The first kappa shape index (κ1) is 16.9. The fraction of sp³-hybridized carbons (Fsp3) is 0.250. The highest BCUT2D eigenvalue weighted by Crippen LogP contribution is 2.41. The van der Waals surface area contributed by atoms with E-state index in [0.717, 1.165) is 29.3 Å². The van der Waals surface area contributed by atoms with Crippen LogP contribution in [0.3, 0.4) is 0 Å². The van der Waals surface area contributed by atoms with Crippen LogP contribution in [-0.4, -0.2) is 22.6 Å². The van der Waals surface area contributed by atoms with E-state index >= 15 is 0 Å². The third-order valence-corrected chi connectivity index (χ3v) is 5.53. The minimum Gasteiger partial charge on any atom is -0.508 e. The van der Waals surface area contributed by atoms with Gasteiger partial charge in [0.15, 0.2) is 0 Å². The number of rotatable bonds is 4. The van der Waals surface area contributed by atoms with Crippen LogP contribution in [0.4, 0.5) is 0 Å². The molecule has 4 rings (SSSR count). The van der Waals surface area contributed by atoms with Gasteiger partial charge in [-0.15, -0.1) is 6.58 Å². The number of hydrogen-bond donors (Lipinski definition) is 1. The molecule has 0 spiro atoms. The smallest absolute Gasteiger partial charge is 0.121 e. The van der Waals surface area contributed by atoms with Crippen molar-refractivity contribution in [3.63, 3.8) is 0 Å². The summed E-state index contributed by atoms with van der Waals surface area (Å²) in [6, 6.07) is 23.0. The number of nitrogens with zero attached hydrogens (tertiary/aromatic N) is 1. The Kier molecular flexibility index (Phi) is 4.77. The average molecular weight is 343 g/mol. The average Bonchev–Trinajstić information content (AvgIpc) is 2.71. The molecule has 2 heteroatoms. The van der Waals surface area contributed by atoms with Crippen molar-refractivity contribution in [1.29, 1.82) is 0 Å². The standard InChI is InChI=1S/C24H25NO/c1-2-20-13-8-9-17-25(20)24(19-11-4-3-5-12-19)23-21-14-7-6-10-18(21)15-16-22(23)26/h2-7,10-12,14-16,20,24,26H,1,8-9,13,17H2/t20-,24-/m1/s1. The fourth-order valence-corrected chi connectivity index (χ4v) is 4.28. The molecule has 26 heavy (non-hydrogen) atoms. The molecule has 1 N–H and O–H groups in total. The topological polar surface area (TPSA) is 23.5 Å². The number of phenolic OH excluding ortho intramolecular Hbond substituents is 1. The minimum atomic E-state index is 0.0191.